The lowest BCUT2D eigenvalue weighted by Crippen LogP contribution is -2.37. The number of hydrogen-bond acceptors (Lipinski definition) is 3. The molecule has 1 fully saturated rings. The molecule has 0 spiro atoms. The van der Waals surface area contributed by atoms with E-state index in [4.69, 9.17) is 0 Å². The summed E-state index contributed by atoms with van der Waals surface area (Å²) >= 11 is 0. The summed E-state index contributed by atoms with van der Waals surface area (Å²) in [4.78, 5) is 0.381. The van der Waals surface area contributed by atoms with Gasteiger partial charge >= 0.3 is 0 Å². The van der Waals surface area contributed by atoms with E-state index in [0.29, 0.717) is 11.4 Å². The molecule has 1 atom stereocenters. The third-order valence-electron chi connectivity index (χ3n) is 3.30. The van der Waals surface area contributed by atoms with Crippen molar-refractivity contribution in [3.8, 4) is 0 Å². The zero-order chi connectivity index (χ0) is 13.2. The molecule has 0 aromatic heterocycles. The van der Waals surface area contributed by atoms with Crippen LogP contribution in [0.4, 0.5) is 0 Å². The molecule has 0 amide bonds. The third-order valence-corrected chi connectivity index (χ3v) is 4.89. The highest BCUT2D eigenvalue weighted by Crippen LogP contribution is 2.16. The van der Waals surface area contributed by atoms with Crippen molar-refractivity contribution in [2.24, 2.45) is 0 Å². The second kappa shape index (κ2) is 5.38. The molecule has 1 heterocycles. The van der Waals surface area contributed by atoms with Crippen LogP contribution >= 0.6 is 0 Å². The summed E-state index contributed by atoms with van der Waals surface area (Å²) in [5.74, 6) is 0. The van der Waals surface area contributed by atoms with Gasteiger partial charge in [-0.15, -0.1) is 0 Å². The summed E-state index contributed by atoms with van der Waals surface area (Å²) in [6, 6.07) is 5.66. The SMILES string of the molecule is Cc1ccc(S(=O)(=O)NCC2CCCN2)c(C)c1. The van der Waals surface area contributed by atoms with Gasteiger partial charge in [0.25, 0.3) is 0 Å². The van der Waals surface area contributed by atoms with Gasteiger partial charge in [-0.3, -0.25) is 0 Å². The molecule has 4 nitrogen and oxygen atoms in total. The van der Waals surface area contributed by atoms with E-state index in [1.165, 1.54) is 0 Å². The standard InChI is InChI=1S/C13H20N2O2S/c1-10-5-6-13(11(2)8-10)18(16,17)15-9-12-4-3-7-14-12/h5-6,8,12,14-15H,3-4,7,9H2,1-2H3. The number of sulfonamides is 1. The minimum absolute atomic E-state index is 0.269. The smallest absolute Gasteiger partial charge is 0.240 e. The van der Waals surface area contributed by atoms with E-state index in [1.54, 1.807) is 6.07 Å². The van der Waals surface area contributed by atoms with Gasteiger partial charge in [0, 0.05) is 12.6 Å². The molecule has 1 aromatic rings. The highest BCUT2D eigenvalue weighted by atomic mass is 32.2. The van der Waals surface area contributed by atoms with Crippen LogP contribution in [0.1, 0.15) is 24.0 Å². The summed E-state index contributed by atoms with van der Waals surface area (Å²) in [6.45, 7) is 5.24. The Hall–Kier alpha value is -0.910. The molecule has 1 saturated heterocycles. The van der Waals surface area contributed by atoms with Crippen molar-refractivity contribution < 1.29 is 8.42 Å². The Bertz CT molecular complexity index is 520. The molecular weight excluding hydrogens is 248 g/mol. The van der Waals surface area contributed by atoms with Gasteiger partial charge in [0.15, 0.2) is 0 Å². The minimum Gasteiger partial charge on any atom is -0.313 e. The number of rotatable bonds is 4. The first-order valence-corrected chi connectivity index (χ1v) is 7.78. The molecule has 100 valence electrons. The lowest BCUT2D eigenvalue weighted by Gasteiger charge is -2.13. The van der Waals surface area contributed by atoms with E-state index in [-0.39, 0.29) is 6.04 Å². The zero-order valence-electron chi connectivity index (χ0n) is 10.9. The van der Waals surface area contributed by atoms with Crippen LogP contribution in [0.5, 0.6) is 0 Å². The lowest BCUT2D eigenvalue weighted by molar-refractivity contribution is 0.551. The van der Waals surface area contributed by atoms with Crippen LogP contribution in [0.2, 0.25) is 0 Å². The Morgan fingerprint density at radius 1 is 1.39 bits per heavy atom. The van der Waals surface area contributed by atoms with Crippen LogP contribution < -0.4 is 10.0 Å². The highest BCUT2D eigenvalue weighted by Gasteiger charge is 2.20. The van der Waals surface area contributed by atoms with E-state index < -0.39 is 10.0 Å². The molecule has 1 aliphatic heterocycles. The molecule has 0 aliphatic carbocycles. The van der Waals surface area contributed by atoms with Crippen LogP contribution in [0.3, 0.4) is 0 Å². The largest absolute Gasteiger partial charge is 0.313 e. The van der Waals surface area contributed by atoms with Crippen molar-refractivity contribution >= 4 is 10.0 Å². The summed E-state index contributed by atoms with van der Waals surface area (Å²) in [5, 5.41) is 3.28. The topological polar surface area (TPSA) is 58.2 Å². The van der Waals surface area contributed by atoms with Crippen LogP contribution in [0, 0.1) is 13.8 Å². The van der Waals surface area contributed by atoms with Crippen molar-refractivity contribution in [2.75, 3.05) is 13.1 Å². The highest BCUT2D eigenvalue weighted by molar-refractivity contribution is 7.89. The molecule has 0 saturated carbocycles. The van der Waals surface area contributed by atoms with Crippen molar-refractivity contribution in [3.05, 3.63) is 29.3 Å². The molecule has 1 aliphatic rings. The van der Waals surface area contributed by atoms with Gasteiger partial charge in [0.1, 0.15) is 0 Å². The number of hydrogen-bond donors (Lipinski definition) is 2. The van der Waals surface area contributed by atoms with E-state index in [0.717, 1.165) is 30.5 Å². The second-order valence-corrected chi connectivity index (χ2v) is 6.65. The molecule has 1 aromatic carbocycles. The maximum Gasteiger partial charge on any atom is 0.240 e. The summed E-state index contributed by atoms with van der Waals surface area (Å²) in [5.41, 5.74) is 1.87. The average molecular weight is 268 g/mol. The zero-order valence-corrected chi connectivity index (χ0v) is 11.7. The second-order valence-electron chi connectivity index (χ2n) is 4.91. The van der Waals surface area contributed by atoms with Gasteiger partial charge in [0.05, 0.1) is 4.90 Å². The van der Waals surface area contributed by atoms with Gasteiger partial charge in [-0.25, -0.2) is 13.1 Å². The Balaban J connectivity index is 2.09. The van der Waals surface area contributed by atoms with Crippen LogP contribution in [-0.4, -0.2) is 27.5 Å². The van der Waals surface area contributed by atoms with Crippen LogP contribution in [0.15, 0.2) is 23.1 Å². The predicted octanol–water partition coefficient (Wildman–Crippen LogP) is 1.33. The fourth-order valence-corrected chi connectivity index (χ4v) is 3.63. The van der Waals surface area contributed by atoms with Gasteiger partial charge in [-0.05, 0) is 44.9 Å². The Kier molecular flexibility index (Phi) is 4.04. The Labute approximate surface area is 109 Å². The average Bonchev–Trinajstić information content (AvgIpc) is 2.78. The molecule has 5 heteroatoms. The van der Waals surface area contributed by atoms with Gasteiger partial charge < -0.3 is 5.32 Å². The maximum absolute atomic E-state index is 12.2. The predicted molar refractivity (Wildman–Crippen MR) is 72.1 cm³/mol. The van der Waals surface area contributed by atoms with Gasteiger partial charge in [-0.2, -0.15) is 0 Å². The fraction of sp³-hybridized carbons (Fsp3) is 0.538. The van der Waals surface area contributed by atoms with Crippen LogP contribution in [0.25, 0.3) is 0 Å². The monoisotopic (exact) mass is 268 g/mol. The van der Waals surface area contributed by atoms with Crippen LogP contribution in [-0.2, 0) is 10.0 Å². The lowest BCUT2D eigenvalue weighted by atomic mass is 10.2. The Morgan fingerprint density at radius 3 is 2.78 bits per heavy atom. The molecule has 0 radical (unpaired) electrons. The summed E-state index contributed by atoms with van der Waals surface area (Å²) in [7, 11) is -3.39. The summed E-state index contributed by atoms with van der Waals surface area (Å²) < 4.78 is 27.1. The van der Waals surface area contributed by atoms with E-state index in [1.807, 2.05) is 26.0 Å². The quantitative estimate of drug-likeness (QED) is 0.866. The maximum atomic E-state index is 12.2. The van der Waals surface area contributed by atoms with E-state index in [9.17, 15) is 8.42 Å². The first-order valence-electron chi connectivity index (χ1n) is 6.29. The minimum atomic E-state index is -3.39. The molecule has 2 N–H and O–H groups in total. The first-order chi connectivity index (χ1) is 8.49. The number of benzene rings is 1. The van der Waals surface area contributed by atoms with Crippen molar-refractivity contribution in [1.29, 1.82) is 0 Å². The number of aryl methyl sites for hydroxylation is 2. The van der Waals surface area contributed by atoms with Gasteiger partial charge in [0.2, 0.25) is 10.0 Å². The Morgan fingerprint density at radius 2 is 2.17 bits per heavy atom. The molecule has 18 heavy (non-hydrogen) atoms. The van der Waals surface area contributed by atoms with Crippen molar-refractivity contribution in [3.63, 3.8) is 0 Å². The molecule has 1 unspecified atom stereocenters. The van der Waals surface area contributed by atoms with E-state index >= 15 is 0 Å². The van der Waals surface area contributed by atoms with E-state index in [2.05, 4.69) is 10.0 Å². The summed E-state index contributed by atoms with van der Waals surface area (Å²) in [6.07, 6.45) is 2.16. The first kappa shape index (κ1) is 13.5. The molecule has 2 rings (SSSR count). The molecule has 0 bridgehead atoms. The number of nitrogens with one attached hydrogen (secondary N) is 2. The third kappa shape index (κ3) is 3.10. The van der Waals surface area contributed by atoms with Crippen molar-refractivity contribution in [1.82, 2.24) is 10.0 Å². The van der Waals surface area contributed by atoms with Crippen molar-refractivity contribution in [2.45, 2.75) is 37.6 Å². The van der Waals surface area contributed by atoms with Gasteiger partial charge in [-0.1, -0.05) is 17.7 Å². The fourth-order valence-electron chi connectivity index (χ4n) is 2.32. The normalized spacial score (nSPS) is 20.2. The molecular formula is C13H20N2O2S.